The topological polar surface area (TPSA) is 69.4 Å². The fourth-order valence-electron chi connectivity index (χ4n) is 0.802. The number of nitrogens with zero attached hydrogens (tertiary/aromatic N) is 6. The van der Waals surface area contributed by atoms with Gasteiger partial charge in [-0.2, -0.15) is 0 Å². The Bertz CT molecular complexity index is 352. The SMILES string of the molecule is Cc1nnnn1Cc1csnn1. The number of aryl methyl sites for hydroxylation is 1. The maximum absolute atomic E-state index is 3.88. The van der Waals surface area contributed by atoms with Crippen LogP contribution in [0.3, 0.4) is 0 Å². The number of aromatic nitrogens is 6. The summed E-state index contributed by atoms with van der Waals surface area (Å²) < 4.78 is 5.42. The average molecular weight is 182 g/mol. The molecule has 0 saturated heterocycles. The van der Waals surface area contributed by atoms with Crippen molar-refractivity contribution in [1.29, 1.82) is 0 Å². The monoisotopic (exact) mass is 182 g/mol. The highest BCUT2D eigenvalue weighted by Gasteiger charge is 2.02. The van der Waals surface area contributed by atoms with Crippen LogP contribution in [-0.4, -0.2) is 29.8 Å². The van der Waals surface area contributed by atoms with E-state index in [-0.39, 0.29) is 0 Å². The Kier molecular flexibility index (Phi) is 1.78. The lowest BCUT2D eigenvalue weighted by atomic mass is 10.5. The van der Waals surface area contributed by atoms with Gasteiger partial charge in [0.2, 0.25) is 0 Å². The third kappa shape index (κ3) is 1.30. The molecule has 0 unspecified atom stereocenters. The summed E-state index contributed by atoms with van der Waals surface area (Å²) in [6.07, 6.45) is 0. The first-order chi connectivity index (χ1) is 5.86. The van der Waals surface area contributed by atoms with E-state index in [1.165, 1.54) is 11.5 Å². The molecule has 12 heavy (non-hydrogen) atoms. The van der Waals surface area contributed by atoms with E-state index in [2.05, 4.69) is 25.1 Å². The second-order valence-corrected chi connectivity index (χ2v) is 2.89. The predicted octanol–water partition coefficient (Wildman–Crippen LogP) is -0.119. The van der Waals surface area contributed by atoms with Gasteiger partial charge in [0, 0.05) is 5.38 Å². The largest absolute Gasteiger partial charge is 0.224 e. The molecule has 7 heteroatoms. The lowest BCUT2D eigenvalue weighted by Gasteiger charge is -1.95. The van der Waals surface area contributed by atoms with Crippen molar-refractivity contribution in [3.05, 3.63) is 16.9 Å². The molecule has 0 bridgehead atoms. The van der Waals surface area contributed by atoms with Gasteiger partial charge in [0.05, 0.1) is 12.2 Å². The van der Waals surface area contributed by atoms with Crippen molar-refractivity contribution in [3.8, 4) is 0 Å². The molecule has 0 atom stereocenters. The summed E-state index contributed by atoms with van der Waals surface area (Å²) in [6, 6.07) is 0. The molecule has 0 aliphatic carbocycles. The standard InChI is InChI=1S/C5H6N6S/c1-4-6-8-9-11(4)2-5-3-12-10-7-5/h3H,2H2,1H3. The van der Waals surface area contributed by atoms with Crippen molar-refractivity contribution >= 4 is 11.5 Å². The van der Waals surface area contributed by atoms with Crippen molar-refractivity contribution < 1.29 is 0 Å². The minimum atomic E-state index is 0.593. The lowest BCUT2D eigenvalue weighted by Crippen LogP contribution is -2.04. The second-order valence-electron chi connectivity index (χ2n) is 2.28. The molecular formula is C5H6N6S. The summed E-state index contributed by atoms with van der Waals surface area (Å²) in [4.78, 5) is 0. The molecule has 2 heterocycles. The maximum atomic E-state index is 3.88. The van der Waals surface area contributed by atoms with E-state index in [0.29, 0.717) is 6.54 Å². The summed E-state index contributed by atoms with van der Waals surface area (Å²) in [5.41, 5.74) is 0.885. The highest BCUT2D eigenvalue weighted by atomic mass is 32.1. The Morgan fingerprint density at radius 1 is 1.50 bits per heavy atom. The van der Waals surface area contributed by atoms with Gasteiger partial charge in [-0.15, -0.1) is 10.2 Å². The molecule has 0 spiro atoms. The molecule has 0 N–H and O–H groups in total. The molecule has 0 saturated carbocycles. The Morgan fingerprint density at radius 2 is 2.42 bits per heavy atom. The minimum Gasteiger partial charge on any atom is -0.224 e. The zero-order chi connectivity index (χ0) is 8.39. The second kappa shape index (κ2) is 2.94. The van der Waals surface area contributed by atoms with E-state index >= 15 is 0 Å². The van der Waals surface area contributed by atoms with Gasteiger partial charge in [0.25, 0.3) is 0 Å². The van der Waals surface area contributed by atoms with Gasteiger partial charge >= 0.3 is 0 Å². The zero-order valence-corrected chi connectivity index (χ0v) is 7.19. The Labute approximate surface area is 72.4 Å². The molecule has 2 aromatic rings. The first-order valence-electron chi connectivity index (χ1n) is 3.35. The lowest BCUT2D eigenvalue weighted by molar-refractivity contribution is 0.621. The summed E-state index contributed by atoms with van der Waals surface area (Å²) in [5, 5.41) is 16.8. The fraction of sp³-hybridized carbons (Fsp3) is 0.400. The van der Waals surface area contributed by atoms with Gasteiger partial charge < -0.3 is 0 Å². The van der Waals surface area contributed by atoms with E-state index in [0.717, 1.165) is 11.5 Å². The van der Waals surface area contributed by atoms with Crippen LogP contribution in [0.2, 0.25) is 0 Å². The molecule has 0 aliphatic rings. The normalized spacial score (nSPS) is 10.4. The Morgan fingerprint density at radius 3 is 3.00 bits per heavy atom. The van der Waals surface area contributed by atoms with Gasteiger partial charge in [-0.25, -0.2) is 4.68 Å². The van der Waals surface area contributed by atoms with Crippen LogP contribution in [0.5, 0.6) is 0 Å². The zero-order valence-electron chi connectivity index (χ0n) is 6.38. The number of hydrogen-bond acceptors (Lipinski definition) is 6. The van der Waals surface area contributed by atoms with Crippen molar-refractivity contribution in [2.75, 3.05) is 0 Å². The van der Waals surface area contributed by atoms with Crippen LogP contribution >= 0.6 is 11.5 Å². The van der Waals surface area contributed by atoms with Gasteiger partial charge in [0.15, 0.2) is 0 Å². The quantitative estimate of drug-likeness (QED) is 0.647. The molecule has 62 valence electrons. The fourth-order valence-corrected chi connectivity index (χ4v) is 1.24. The van der Waals surface area contributed by atoms with Crippen LogP contribution in [-0.2, 0) is 6.54 Å². The highest BCUT2D eigenvalue weighted by Crippen LogP contribution is 2.00. The number of rotatable bonds is 2. The van der Waals surface area contributed by atoms with E-state index in [4.69, 9.17) is 0 Å². The molecule has 0 radical (unpaired) electrons. The van der Waals surface area contributed by atoms with Gasteiger partial charge in [-0.3, -0.25) is 0 Å². The van der Waals surface area contributed by atoms with E-state index in [9.17, 15) is 0 Å². The van der Waals surface area contributed by atoms with Crippen LogP contribution < -0.4 is 0 Å². The molecule has 2 aromatic heterocycles. The van der Waals surface area contributed by atoms with Crippen LogP contribution in [0.25, 0.3) is 0 Å². The highest BCUT2D eigenvalue weighted by molar-refractivity contribution is 7.03. The van der Waals surface area contributed by atoms with E-state index < -0.39 is 0 Å². The van der Waals surface area contributed by atoms with Crippen molar-refractivity contribution in [2.45, 2.75) is 13.5 Å². The van der Waals surface area contributed by atoms with Crippen LogP contribution in [0, 0.1) is 6.92 Å². The molecule has 0 aliphatic heterocycles. The molecule has 0 fully saturated rings. The third-order valence-corrected chi connectivity index (χ3v) is 1.98. The average Bonchev–Trinajstić information content (AvgIpc) is 2.65. The molecule has 2 rings (SSSR count). The minimum absolute atomic E-state index is 0.593. The number of hydrogen-bond donors (Lipinski definition) is 0. The van der Waals surface area contributed by atoms with Crippen LogP contribution in [0.15, 0.2) is 5.38 Å². The third-order valence-electron chi connectivity index (χ3n) is 1.43. The Balaban J connectivity index is 2.20. The first-order valence-corrected chi connectivity index (χ1v) is 4.18. The summed E-state index contributed by atoms with van der Waals surface area (Å²) in [6.45, 7) is 2.44. The van der Waals surface area contributed by atoms with Gasteiger partial charge in [-0.1, -0.05) is 4.49 Å². The molecule has 0 aromatic carbocycles. The predicted molar refractivity (Wildman–Crippen MR) is 41.6 cm³/mol. The first kappa shape index (κ1) is 7.29. The van der Waals surface area contributed by atoms with E-state index in [1.807, 2.05) is 12.3 Å². The van der Waals surface area contributed by atoms with Crippen molar-refractivity contribution in [2.24, 2.45) is 0 Å². The smallest absolute Gasteiger partial charge is 0.148 e. The summed E-state index contributed by atoms with van der Waals surface area (Å²) in [7, 11) is 0. The molecule has 0 amide bonds. The molecule has 6 nitrogen and oxygen atoms in total. The van der Waals surface area contributed by atoms with Crippen molar-refractivity contribution in [3.63, 3.8) is 0 Å². The maximum Gasteiger partial charge on any atom is 0.148 e. The number of tetrazole rings is 1. The van der Waals surface area contributed by atoms with Crippen LogP contribution in [0.4, 0.5) is 0 Å². The van der Waals surface area contributed by atoms with Crippen LogP contribution in [0.1, 0.15) is 11.5 Å². The van der Waals surface area contributed by atoms with Gasteiger partial charge in [0.1, 0.15) is 5.82 Å². The van der Waals surface area contributed by atoms with Gasteiger partial charge in [-0.05, 0) is 28.9 Å². The molecular weight excluding hydrogens is 176 g/mol. The summed E-state index contributed by atoms with van der Waals surface area (Å²) >= 11 is 1.32. The summed E-state index contributed by atoms with van der Waals surface area (Å²) in [5.74, 6) is 0.781. The Hall–Kier alpha value is -1.37. The van der Waals surface area contributed by atoms with E-state index in [1.54, 1.807) is 4.68 Å². The van der Waals surface area contributed by atoms with Crippen molar-refractivity contribution in [1.82, 2.24) is 29.8 Å².